The second-order valence-corrected chi connectivity index (χ2v) is 4.81. The highest BCUT2D eigenvalue weighted by molar-refractivity contribution is 5.76. The summed E-state index contributed by atoms with van der Waals surface area (Å²) in [6.45, 7) is 5.36. The zero-order chi connectivity index (χ0) is 14.3. The smallest absolute Gasteiger partial charge is 0.231 e. The molecule has 1 aromatic rings. The Kier molecular flexibility index (Phi) is 6.36. The minimum Gasteiger partial charge on any atom is -0.508 e. The molecule has 0 aliphatic carbocycles. The monoisotopic (exact) mass is 264 g/mol. The summed E-state index contributed by atoms with van der Waals surface area (Å²) in [7, 11) is 0. The van der Waals surface area contributed by atoms with Crippen LogP contribution in [-0.4, -0.2) is 29.0 Å². The van der Waals surface area contributed by atoms with Crippen molar-refractivity contribution in [2.75, 3.05) is 13.1 Å². The minimum absolute atomic E-state index is 0.166. The van der Waals surface area contributed by atoms with E-state index in [0.29, 0.717) is 0 Å². The van der Waals surface area contributed by atoms with E-state index in [1.54, 1.807) is 12.1 Å². The largest absolute Gasteiger partial charge is 0.508 e. The fourth-order valence-electron chi connectivity index (χ4n) is 2.31. The summed E-state index contributed by atoms with van der Waals surface area (Å²) in [5, 5.41) is 9.35. The van der Waals surface area contributed by atoms with E-state index in [1.165, 1.54) is 0 Å². The van der Waals surface area contributed by atoms with Crippen LogP contribution in [0, 0.1) is 0 Å². The Morgan fingerprint density at radius 2 is 1.95 bits per heavy atom. The Morgan fingerprint density at radius 1 is 1.32 bits per heavy atom. The number of nitrogens with two attached hydrogens (primary N) is 1. The van der Waals surface area contributed by atoms with Crippen LogP contribution in [0.15, 0.2) is 24.3 Å². The molecule has 0 aliphatic heterocycles. The lowest BCUT2D eigenvalue weighted by Crippen LogP contribution is -2.37. The van der Waals surface area contributed by atoms with Crippen LogP contribution in [0.2, 0.25) is 0 Å². The van der Waals surface area contributed by atoms with Crippen LogP contribution in [0.4, 0.5) is 0 Å². The second kappa shape index (κ2) is 7.79. The number of phenols is 1. The molecule has 3 N–H and O–H groups in total. The molecule has 0 fully saturated rings. The normalized spacial score (nSPS) is 12.6. The molecule has 4 nitrogen and oxygen atoms in total. The molecular weight excluding hydrogens is 240 g/mol. The number of nitrogens with zero attached hydrogens (tertiary/aromatic N) is 1. The number of carbonyl (C=O) groups excluding carboxylic acids is 1. The van der Waals surface area contributed by atoms with E-state index in [1.807, 2.05) is 12.1 Å². The Hall–Kier alpha value is -1.55. The molecule has 0 saturated carbocycles. The van der Waals surface area contributed by atoms with Gasteiger partial charge in [-0.1, -0.05) is 32.4 Å². The van der Waals surface area contributed by atoms with Crippen molar-refractivity contribution in [2.24, 2.45) is 5.73 Å². The van der Waals surface area contributed by atoms with Crippen LogP contribution in [0.3, 0.4) is 0 Å². The molecule has 4 heteroatoms. The fraction of sp³-hybridized carbons (Fsp3) is 0.533. The van der Waals surface area contributed by atoms with E-state index in [-0.39, 0.29) is 24.2 Å². The number of hydrogen-bond acceptors (Lipinski definition) is 3. The summed E-state index contributed by atoms with van der Waals surface area (Å²) < 4.78 is 0. The van der Waals surface area contributed by atoms with Crippen LogP contribution in [0.5, 0.6) is 5.75 Å². The molecule has 1 amide bonds. The first kappa shape index (κ1) is 15.5. The third-order valence-corrected chi connectivity index (χ3v) is 3.26. The van der Waals surface area contributed by atoms with E-state index in [0.717, 1.165) is 31.4 Å². The molecule has 1 rings (SSSR count). The quantitative estimate of drug-likeness (QED) is 0.758. The molecule has 1 unspecified atom stereocenters. The Labute approximate surface area is 115 Å². The highest BCUT2D eigenvalue weighted by Crippen LogP contribution is 2.25. The van der Waals surface area contributed by atoms with E-state index in [2.05, 4.69) is 18.7 Å². The molecular formula is C15H24N2O2. The molecule has 1 aromatic carbocycles. The topological polar surface area (TPSA) is 66.6 Å². The van der Waals surface area contributed by atoms with Crippen molar-refractivity contribution < 1.29 is 9.90 Å². The summed E-state index contributed by atoms with van der Waals surface area (Å²) in [5.74, 6) is -0.0399. The molecule has 0 bridgehead atoms. The Bertz CT molecular complexity index is 390. The van der Waals surface area contributed by atoms with Gasteiger partial charge >= 0.3 is 0 Å². The average molecular weight is 264 g/mol. The number of carbonyl (C=O) groups is 1. The van der Waals surface area contributed by atoms with Gasteiger partial charge in [0.1, 0.15) is 5.75 Å². The van der Waals surface area contributed by atoms with Crippen LogP contribution >= 0.6 is 0 Å². The lowest BCUT2D eigenvalue weighted by molar-refractivity contribution is -0.119. The van der Waals surface area contributed by atoms with Crippen molar-refractivity contribution in [2.45, 2.75) is 39.2 Å². The van der Waals surface area contributed by atoms with Crippen LogP contribution in [0.1, 0.15) is 44.7 Å². The number of hydrogen-bond donors (Lipinski definition) is 2. The predicted molar refractivity (Wildman–Crippen MR) is 76.8 cm³/mol. The number of aromatic hydroxyl groups is 1. The Morgan fingerprint density at radius 3 is 2.42 bits per heavy atom. The SMILES string of the molecule is CCCCN(CC(N)=O)C(CC)c1ccc(O)cc1. The van der Waals surface area contributed by atoms with Crippen LogP contribution in [0.25, 0.3) is 0 Å². The summed E-state index contributed by atoms with van der Waals surface area (Å²) >= 11 is 0. The highest BCUT2D eigenvalue weighted by atomic mass is 16.3. The van der Waals surface area contributed by atoms with Gasteiger partial charge in [0.2, 0.25) is 5.91 Å². The first-order chi connectivity index (χ1) is 9.08. The molecule has 0 aromatic heterocycles. The summed E-state index contributed by atoms with van der Waals surface area (Å²) in [4.78, 5) is 13.3. The van der Waals surface area contributed by atoms with Gasteiger partial charge in [-0.3, -0.25) is 9.69 Å². The van der Waals surface area contributed by atoms with E-state index in [9.17, 15) is 9.90 Å². The summed E-state index contributed by atoms with van der Waals surface area (Å²) in [5.41, 5.74) is 6.45. The molecule has 106 valence electrons. The van der Waals surface area contributed by atoms with Gasteiger partial charge in [-0.2, -0.15) is 0 Å². The molecule has 0 spiro atoms. The van der Waals surface area contributed by atoms with Crippen molar-refractivity contribution in [3.05, 3.63) is 29.8 Å². The lowest BCUT2D eigenvalue weighted by Gasteiger charge is -2.30. The van der Waals surface area contributed by atoms with Crippen molar-refractivity contribution in [3.8, 4) is 5.75 Å². The predicted octanol–water partition coefficient (Wildman–Crippen LogP) is 2.43. The van der Waals surface area contributed by atoms with Gasteiger partial charge in [0.05, 0.1) is 6.54 Å². The van der Waals surface area contributed by atoms with Gasteiger partial charge in [0.15, 0.2) is 0 Å². The number of unbranched alkanes of at least 4 members (excludes halogenated alkanes) is 1. The van der Waals surface area contributed by atoms with E-state index in [4.69, 9.17) is 5.73 Å². The van der Waals surface area contributed by atoms with Gasteiger partial charge in [-0.25, -0.2) is 0 Å². The first-order valence-electron chi connectivity index (χ1n) is 6.89. The van der Waals surface area contributed by atoms with Crippen LogP contribution in [-0.2, 0) is 4.79 Å². The van der Waals surface area contributed by atoms with Gasteiger partial charge in [0, 0.05) is 6.04 Å². The van der Waals surface area contributed by atoms with Crippen molar-refractivity contribution in [1.29, 1.82) is 0 Å². The molecule has 0 saturated heterocycles. The number of benzene rings is 1. The molecule has 0 aliphatic rings. The van der Waals surface area contributed by atoms with Crippen molar-refractivity contribution in [3.63, 3.8) is 0 Å². The average Bonchev–Trinajstić information content (AvgIpc) is 2.38. The highest BCUT2D eigenvalue weighted by Gasteiger charge is 2.19. The van der Waals surface area contributed by atoms with Gasteiger partial charge < -0.3 is 10.8 Å². The van der Waals surface area contributed by atoms with Crippen molar-refractivity contribution >= 4 is 5.91 Å². The Balaban J connectivity index is 2.87. The van der Waals surface area contributed by atoms with E-state index < -0.39 is 0 Å². The lowest BCUT2D eigenvalue weighted by atomic mass is 10.0. The second-order valence-electron chi connectivity index (χ2n) is 4.81. The summed E-state index contributed by atoms with van der Waals surface area (Å²) in [6.07, 6.45) is 3.03. The third-order valence-electron chi connectivity index (χ3n) is 3.26. The maximum absolute atomic E-state index is 11.2. The van der Waals surface area contributed by atoms with Crippen LogP contribution < -0.4 is 5.73 Å². The van der Waals surface area contributed by atoms with Gasteiger partial charge in [-0.15, -0.1) is 0 Å². The number of phenolic OH excluding ortho intramolecular Hbond substituents is 1. The zero-order valence-corrected chi connectivity index (χ0v) is 11.8. The fourth-order valence-corrected chi connectivity index (χ4v) is 2.31. The minimum atomic E-state index is -0.298. The molecule has 1 atom stereocenters. The maximum atomic E-state index is 11.2. The number of rotatable bonds is 8. The maximum Gasteiger partial charge on any atom is 0.231 e. The number of primary amides is 1. The van der Waals surface area contributed by atoms with E-state index >= 15 is 0 Å². The summed E-state index contributed by atoms with van der Waals surface area (Å²) in [6, 6.07) is 7.34. The molecule has 0 radical (unpaired) electrons. The van der Waals surface area contributed by atoms with Gasteiger partial charge in [0.25, 0.3) is 0 Å². The van der Waals surface area contributed by atoms with Gasteiger partial charge in [-0.05, 0) is 37.1 Å². The first-order valence-corrected chi connectivity index (χ1v) is 6.89. The standard InChI is InChI=1S/C15H24N2O2/c1-3-5-10-17(11-15(16)19)14(4-2)12-6-8-13(18)9-7-12/h6-9,14,18H,3-5,10-11H2,1-2H3,(H2,16,19). The molecule has 0 heterocycles. The molecule has 19 heavy (non-hydrogen) atoms. The number of amides is 1. The zero-order valence-electron chi connectivity index (χ0n) is 11.8. The van der Waals surface area contributed by atoms with Crippen molar-refractivity contribution in [1.82, 2.24) is 4.90 Å². The third kappa shape index (κ3) is 4.91.